The molecule has 0 saturated carbocycles. The molecule has 1 unspecified atom stereocenters. The number of sulfonamides is 1. The van der Waals surface area contributed by atoms with E-state index in [1.54, 1.807) is 29.7 Å². The summed E-state index contributed by atoms with van der Waals surface area (Å²) in [7, 11) is -3.82. The van der Waals surface area contributed by atoms with E-state index in [2.05, 4.69) is 20.3 Å². The Balaban J connectivity index is 1.65. The molecular formula is C16H17N5O4S. The first-order valence-electron chi connectivity index (χ1n) is 8.11. The number of rotatable bonds is 4. The third-order valence-corrected chi connectivity index (χ3v) is 6.08. The molecule has 0 radical (unpaired) electrons. The molecule has 2 aliphatic heterocycles. The fourth-order valence-corrected chi connectivity index (χ4v) is 4.51. The fourth-order valence-electron chi connectivity index (χ4n) is 3.29. The van der Waals surface area contributed by atoms with Gasteiger partial charge in [-0.2, -0.15) is 8.42 Å². The molecule has 2 aliphatic rings. The summed E-state index contributed by atoms with van der Waals surface area (Å²) in [4.78, 5) is 27.7. The number of carbonyl (C=O) groups is 2. The lowest BCUT2D eigenvalue weighted by Gasteiger charge is -2.21. The molecule has 4 rings (SSSR count). The number of aryl methyl sites for hydroxylation is 1. The van der Waals surface area contributed by atoms with Gasteiger partial charge in [-0.1, -0.05) is 12.1 Å². The number of anilines is 1. The van der Waals surface area contributed by atoms with Crippen LogP contribution in [0.25, 0.3) is 0 Å². The van der Waals surface area contributed by atoms with E-state index < -0.39 is 27.5 Å². The fraction of sp³-hybridized carbons (Fsp3) is 0.312. The van der Waals surface area contributed by atoms with Gasteiger partial charge in [-0.3, -0.25) is 14.8 Å². The summed E-state index contributed by atoms with van der Waals surface area (Å²) in [6.45, 7) is 2.18. The normalized spacial score (nSPS) is 22.0. The average molecular weight is 375 g/mol. The van der Waals surface area contributed by atoms with Crippen molar-refractivity contribution in [1.82, 2.24) is 20.2 Å². The van der Waals surface area contributed by atoms with Crippen LogP contribution in [-0.4, -0.2) is 29.9 Å². The van der Waals surface area contributed by atoms with Crippen LogP contribution in [0.4, 0.5) is 10.5 Å². The zero-order chi connectivity index (χ0) is 18.5. The predicted octanol–water partition coefficient (Wildman–Crippen LogP) is 0.685. The molecule has 0 aliphatic carbocycles. The van der Waals surface area contributed by atoms with Gasteiger partial charge in [0, 0.05) is 18.7 Å². The second-order valence-corrected chi connectivity index (χ2v) is 8.12. The SMILES string of the molecule is CC1(c2cccc(NS(=O)(=O)c3cnc4n3CCC4)c2)NC(=O)NC1=O. The number of benzene rings is 1. The van der Waals surface area contributed by atoms with Crippen LogP contribution in [0.15, 0.2) is 35.5 Å². The molecular weight excluding hydrogens is 358 g/mol. The summed E-state index contributed by atoms with van der Waals surface area (Å²) in [5, 5.41) is 4.86. The molecule has 3 N–H and O–H groups in total. The van der Waals surface area contributed by atoms with Crippen molar-refractivity contribution in [2.24, 2.45) is 0 Å². The Bertz CT molecular complexity index is 1030. The monoisotopic (exact) mass is 375 g/mol. The second-order valence-electron chi connectivity index (χ2n) is 6.49. The molecule has 136 valence electrons. The van der Waals surface area contributed by atoms with Crippen LogP contribution in [-0.2, 0) is 33.3 Å². The molecule has 0 bridgehead atoms. The van der Waals surface area contributed by atoms with Crippen LogP contribution >= 0.6 is 0 Å². The van der Waals surface area contributed by atoms with Crippen molar-refractivity contribution < 1.29 is 18.0 Å². The quantitative estimate of drug-likeness (QED) is 0.679. The maximum absolute atomic E-state index is 12.7. The minimum Gasteiger partial charge on any atom is -0.320 e. The molecule has 10 heteroatoms. The lowest BCUT2D eigenvalue weighted by Crippen LogP contribution is -2.40. The van der Waals surface area contributed by atoms with Crippen molar-refractivity contribution in [3.05, 3.63) is 41.9 Å². The van der Waals surface area contributed by atoms with Crippen molar-refractivity contribution in [2.75, 3.05) is 4.72 Å². The summed E-state index contributed by atoms with van der Waals surface area (Å²) in [5.74, 6) is 0.271. The van der Waals surface area contributed by atoms with Gasteiger partial charge >= 0.3 is 6.03 Å². The number of aromatic nitrogens is 2. The van der Waals surface area contributed by atoms with Crippen LogP contribution < -0.4 is 15.4 Å². The van der Waals surface area contributed by atoms with Crippen molar-refractivity contribution >= 4 is 27.6 Å². The van der Waals surface area contributed by atoms with Gasteiger partial charge in [0.05, 0.1) is 6.20 Å². The van der Waals surface area contributed by atoms with Gasteiger partial charge in [0.1, 0.15) is 11.4 Å². The van der Waals surface area contributed by atoms with Crippen molar-refractivity contribution in [3.63, 3.8) is 0 Å². The molecule has 1 aromatic heterocycles. The van der Waals surface area contributed by atoms with Crippen molar-refractivity contribution in [2.45, 2.75) is 36.9 Å². The van der Waals surface area contributed by atoms with E-state index in [9.17, 15) is 18.0 Å². The maximum atomic E-state index is 12.7. The summed E-state index contributed by atoms with van der Waals surface area (Å²) < 4.78 is 29.7. The first kappa shape index (κ1) is 16.6. The highest BCUT2D eigenvalue weighted by Gasteiger charge is 2.43. The molecule has 3 amide bonds. The average Bonchev–Trinajstić information content (AvgIpc) is 3.22. The number of imidazole rings is 1. The van der Waals surface area contributed by atoms with Crippen molar-refractivity contribution in [3.8, 4) is 0 Å². The number of nitrogens with one attached hydrogen (secondary N) is 3. The van der Waals surface area contributed by atoms with Crippen LogP contribution in [0.1, 0.15) is 24.7 Å². The number of carbonyl (C=O) groups excluding carboxylic acids is 2. The first-order valence-corrected chi connectivity index (χ1v) is 9.59. The number of nitrogens with zero attached hydrogens (tertiary/aromatic N) is 2. The van der Waals surface area contributed by atoms with Gasteiger partial charge in [0.25, 0.3) is 15.9 Å². The molecule has 2 aromatic rings. The zero-order valence-corrected chi connectivity index (χ0v) is 14.8. The molecule has 1 saturated heterocycles. The highest BCUT2D eigenvalue weighted by atomic mass is 32.2. The standard InChI is InChI=1S/C16H17N5O4S/c1-16(14(22)18-15(23)19-16)10-4-2-5-11(8-10)20-26(24,25)13-9-17-12-6-3-7-21(12)13/h2,4-5,8-9,20H,3,6-7H2,1H3,(H2,18,19,22,23). The first-order chi connectivity index (χ1) is 12.3. The number of hydrogen-bond acceptors (Lipinski definition) is 5. The minimum absolute atomic E-state index is 0.119. The van der Waals surface area contributed by atoms with Gasteiger partial charge < -0.3 is 9.88 Å². The smallest absolute Gasteiger partial charge is 0.320 e. The lowest BCUT2D eigenvalue weighted by atomic mass is 9.92. The van der Waals surface area contributed by atoms with Crippen LogP contribution in [0.5, 0.6) is 0 Å². The van der Waals surface area contributed by atoms with Gasteiger partial charge in [-0.25, -0.2) is 9.78 Å². The topological polar surface area (TPSA) is 122 Å². The van der Waals surface area contributed by atoms with Crippen LogP contribution in [0, 0.1) is 0 Å². The Kier molecular flexibility index (Phi) is 3.55. The Labute approximate surface area is 149 Å². The van der Waals surface area contributed by atoms with E-state index in [1.807, 2.05) is 0 Å². The van der Waals surface area contributed by atoms with Gasteiger partial charge in [0.15, 0.2) is 5.03 Å². The predicted molar refractivity (Wildman–Crippen MR) is 91.8 cm³/mol. The molecule has 26 heavy (non-hydrogen) atoms. The van der Waals surface area contributed by atoms with E-state index in [4.69, 9.17) is 0 Å². The third kappa shape index (κ3) is 2.53. The molecule has 0 spiro atoms. The molecule has 1 fully saturated rings. The van der Waals surface area contributed by atoms with E-state index in [-0.39, 0.29) is 5.03 Å². The number of urea groups is 1. The Morgan fingerprint density at radius 2 is 2.12 bits per heavy atom. The summed E-state index contributed by atoms with van der Waals surface area (Å²) in [5.41, 5.74) is -0.484. The number of imide groups is 1. The lowest BCUT2D eigenvalue weighted by molar-refractivity contribution is -0.123. The second kappa shape index (κ2) is 5.56. The summed E-state index contributed by atoms with van der Waals surface area (Å²) >= 11 is 0. The third-order valence-electron chi connectivity index (χ3n) is 4.70. The number of hydrogen-bond donors (Lipinski definition) is 3. The highest BCUT2D eigenvalue weighted by molar-refractivity contribution is 7.92. The maximum Gasteiger partial charge on any atom is 0.322 e. The van der Waals surface area contributed by atoms with Crippen molar-refractivity contribution in [1.29, 1.82) is 0 Å². The van der Waals surface area contributed by atoms with Crippen LogP contribution in [0.2, 0.25) is 0 Å². The van der Waals surface area contributed by atoms with E-state index in [0.29, 0.717) is 17.8 Å². The Morgan fingerprint density at radius 1 is 1.31 bits per heavy atom. The van der Waals surface area contributed by atoms with E-state index in [0.717, 1.165) is 18.7 Å². The van der Waals surface area contributed by atoms with Gasteiger partial charge in [0.2, 0.25) is 0 Å². The number of amides is 3. The Morgan fingerprint density at radius 3 is 2.85 bits per heavy atom. The number of fused-ring (bicyclic) bond motifs is 1. The minimum atomic E-state index is -3.82. The molecule has 3 heterocycles. The van der Waals surface area contributed by atoms with E-state index >= 15 is 0 Å². The molecule has 1 atom stereocenters. The molecule has 9 nitrogen and oxygen atoms in total. The van der Waals surface area contributed by atoms with E-state index in [1.165, 1.54) is 12.3 Å². The van der Waals surface area contributed by atoms with Gasteiger partial charge in [-0.05, 0) is 31.0 Å². The molecule has 1 aromatic carbocycles. The van der Waals surface area contributed by atoms with Crippen LogP contribution in [0.3, 0.4) is 0 Å². The largest absolute Gasteiger partial charge is 0.322 e. The van der Waals surface area contributed by atoms with Gasteiger partial charge in [-0.15, -0.1) is 0 Å². The zero-order valence-electron chi connectivity index (χ0n) is 13.9. The highest BCUT2D eigenvalue weighted by Crippen LogP contribution is 2.28. The summed E-state index contributed by atoms with van der Waals surface area (Å²) in [6.07, 6.45) is 2.99. The summed E-state index contributed by atoms with van der Waals surface area (Å²) in [6, 6.07) is 5.80. The Hall–Kier alpha value is -2.88.